The van der Waals surface area contributed by atoms with Gasteiger partial charge in [-0.3, -0.25) is 4.79 Å². The van der Waals surface area contributed by atoms with E-state index < -0.39 is 6.04 Å². The van der Waals surface area contributed by atoms with Crippen molar-refractivity contribution in [1.29, 1.82) is 0 Å². The van der Waals surface area contributed by atoms with E-state index in [4.69, 9.17) is 10.5 Å². The van der Waals surface area contributed by atoms with E-state index in [1.54, 1.807) is 6.92 Å². The monoisotopic (exact) mass is 195 g/mol. The van der Waals surface area contributed by atoms with Crippen LogP contribution in [0.1, 0.15) is 27.7 Å². The van der Waals surface area contributed by atoms with Gasteiger partial charge in [0.1, 0.15) is 12.1 Å². The maximum atomic E-state index is 10.9. The Balaban J connectivity index is 0. The molecule has 2 unspecified atom stereocenters. The second-order valence-corrected chi connectivity index (χ2v) is 3.17. The Kier molecular flexibility index (Phi) is 7.44. The predicted octanol–water partition coefficient (Wildman–Crippen LogP) is 1.34. The highest BCUT2D eigenvalue weighted by Gasteiger charge is 2.15. The Morgan fingerprint density at radius 1 is 1.25 bits per heavy atom. The molecule has 3 nitrogen and oxygen atoms in total. The van der Waals surface area contributed by atoms with Crippen LogP contribution in [0.15, 0.2) is 0 Å². The molecule has 0 spiro atoms. The zero-order valence-electron chi connectivity index (χ0n) is 8.03. The summed E-state index contributed by atoms with van der Waals surface area (Å²) in [6.45, 7) is 7.48. The van der Waals surface area contributed by atoms with Crippen LogP contribution in [0.25, 0.3) is 0 Å². The summed E-state index contributed by atoms with van der Waals surface area (Å²) >= 11 is 0. The van der Waals surface area contributed by atoms with Crippen molar-refractivity contribution in [2.24, 2.45) is 11.7 Å². The number of rotatable bonds is 3. The first-order valence-corrected chi connectivity index (χ1v) is 3.91. The Hall–Kier alpha value is -0.280. The van der Waals surface area contributed by atoms with Gasteiger partial charge in [-0.15, -0.1) is 12.4 Å². The molecule has 2 atom stereocenters. The summed E-state index contributed by atoms with van der Waals surface area (Å²) in [6, 6.07) is -0.517. The van der Waals surface area contributed by atoms with E-state index in [9.17, 15) is 4.79 Å². The van der Waals surface area contributed by atoms with Crippen molar-refractivity contribution in [3.8, 4) is 0 Å². The van der Waals surface area contributed by atoms with Crippen molar-refractivity contribution < 1.29 is 9.53 Å². The lowest BCUT2D eigenvalue weighted by atomic mass is 10.1. The third-order valence-electron chi connectivity index (χ3n) is 1.61. The van der Waals surface area contributed by atoms with Crippen LogP contribution in [0.4, 0.5) is 0 Å². The number of carbonyl (C=O) groups excluding carboxylic acids is 1. The molecule has 0 saturated heterocycles. The van der Waals surface area contributed by atoms with Gasteiger partial charge in [0.2, 0.25) is 0 Å². The van der Waals surface area contributed by atoms with E-state index in [-0.39, 0.29) is 24.5 Å². The van der Waals surface area contributed by atoms with E-state index in [2.05, 4.69) is 0 Å². The lowest BCUT2D eigenvalue weighted by Gasteiger charge is -2.17. The topological polar surface area (TPSA) is 52.3 Å². The van der Waals surface area contributed by atoms with Crippen molar-refractivity contribution in [3.63, 3.8) is 0 Å². The quantitative estimate of drug-likeness (QED) is 0.692. The highest BCUT2D eigenvalue weighted by atomic mass is 35.5. The smallest absolute Gasteiger partial charge is 0.322 e. The van der Waals surface area contributed by atoms with Crippen molar-refractivity contribution in [1.82, 2.24) is 0 Å². The van der Waals surface area contributed by atoms with Gasteiger partial charge in [-0.2, -0.15) is 0 Å². The lowest BCUT2D eigenvalue weighted by molar-refractivity contribution is -0.151. The summed E-state index contributed by atoms with van der Waals surface area (Å²) in [5.74, 6) is 0.0175. The molecule has 0 radical (unpaired) electrons. The molecule has 74 valence electrons. The van der Waals surface area contributed by atoms with Gasteiger partial charge >= 0.3 is 5.97 Å². The SMILES string of the molecule is CC(N)C(=O)OC(C)C(C)C.Cl. The molecule has 0 aliphatic rings. The zero-order chi connectivity index (χ0) is 9.02. The second kappa shape index (κ2) is 6.26. The molecular weight excluding hydrogens is 178 g/mol. The maximum absolute atomic E-state index is 10.9. The number of halogens is 1. The minimum atomic E-state index is -0.517. The summed E-state index contributed by atoms with van der Waals surface area (Å²) in [4.78, 5) is 10.9. The number of nitrogens with two attached hydrogens (primary N) is 1. The van der Waals surface area contributed by atoms with E-state index in [0.29, 0.717) is 5.92 Å². The number of hydrogen-bond donors (Lipinski definition) is 1. The van der Waals surface area contributed by atoms with Crippen molar-refractivity contribution in [2.45, 2.75) is 39.8 Å². The van der Waals surface area contributed by atoms with Crippen LogP contribution in [0.3, 0.4) is 0 Å². The van der Waals surface area contributed by atoms with Crippen LogP contribution in [-0.4, -0.2) is 18.1 Å². The number of esters is 1. The van der Waals surface area contributed by atoms with Crippen LogP contribution in [0.5, 0.6) is 0 Å². The van der Waals surface area contributed by atoms with Crippen LogP contribution < -0.4 is 5.73 Å². The normalized spacial score (nSPS) is 14.8. The molecule has 0 aliphatic heterocycles. The standard InChI is InChI=1S/C8H17NO2.ClH/c1-5(2)7(4)11-8(10)6(3)9;/h5-7H,9H2,1-4H3;1H. The summed E-state index contributed by atoms with van der Waals surface area (Å²) in [7, 11) is 0. The fraction of sp³-hybridized carbons (Fsp3) is 0.875. The molecule has 2 N–H and O–H groups in total. The van der Waals surface area contributed by atoms with Gasteiger partial charge in [-0.05, 0) is 19.8 Å². The molecule has 0 rings (SSSR count). The van der Waals surface area contributed by atoms with Gasteiger partial charge in [-0.1, -0.05) is 13.8 Å². The molecule has 0 aromatic heterocycles. The van der Waals surface area contributed by atoms with Gasteiger partial charge < -0.3 is 10.5 Å². The molecule has 0 aromatic carbocycles. The van der Waals surface area contributed by atoms with Gasteiger partial charge in [-0.25, -0.2) is 0 Å². The number of ether oxygens (including phenoxy) is 1. The van der Waals surface area contributed by atoms with Crippen molar-refractivity contribution in [2.75, 3.05) is 0 Å². The lowest BCUT2D eigenvalue weighted by Crippen LogP contribution is -2.32. The first-order valence-electron chi connectivity index (χ1n) is 3.91. The maximum Gasteiger partial charge on any atom is 0.322 e. The molecule has 12 heavy (non-hydrogen) atoms. The van der Waals surface area contributed by atoms with E-state index >= 15 is 0 Å². The van der Waals surface area contributed by atoms with Crippen LogP contribution in [0, 0.1) is 5.92 Å². The Labute approximate surface area is 80.1 Å². The average Bonchev–Trinajstić information content (AvgIpc) is 1.87. The molecule has 0 amide bonds. The molecule has 0 heterocycles. The molecule has 0 aliphatic carbocycles. The minimum Gasteiger partial charge on any atom is -0.461 e. The van der Waals surface area contributed by atoms with E-state index in [0.717, 1.165) is 0 Å². The zero-order valence-corrected chi connectivity index (χ0v) is 8.85. The van der Waals surface area contributed by atoms with Gasteiger partial charge in [0.15, 0.2) is 0 Å². The molecule has 0 saturated carbocycles. The van der Waals surface area contributed by atoms with Crippen molar-refractivity contribution >= 4 is 18.4 Å². The Morgan fingerprint density at radius 2 is 1.67 bits per heavy atom. The Morgan fingerprint density at radius 3 is 1.92 bits per heavy atom. The van der Waals surface area contributed by atoms with E-state index in [1.807, 2.05) is 20.8 Å². The largest absolute Gasteiger partial charge is 0.461 e. The highest BCUT2D eigenvalue weighted by Crippen LogP contribution is 2.05. The van der Waals surface area contributed by atoms with E-state index in [1.165, 1.54) is 0 Å². The molecule has 0 bridgehead atoms. The van der Waals surface area contributed by atoms with Gasteiger partial charge in [0.05, 0.1) is 0 Å². The Bertz CT molecular complexity index is 137. The number of hydrogen-bond acceptors (Lipinski definition) is 3. The van der Waals surface area contributed by atoms with Crippen LogP contribution in [-0.2, 0) is 9.53 Å². The minimum absolute atomic E-state index is 0. The average molecular weight is 196 g/mol. The first kappa shape index (κ1) is 14.3. The molecule has 0 fully saturated rings. The third kappa shape index (κ3) is 5.38. The number of carbonyl (C=O) groups is 1. The van der Waals surface area contributed by atoms with Gasteiger partial charge in [0.25, 0.3) is 0 Å². The predicted molar refractivity (Wildman–Crippen MR) is 51.3 cm³/mol. The molecular formula is C8H18ClNO2. The third-order valence-corrected chi connectivity index (χ3v) is 1.61. The second-order valence-electron chi connectivity index (χ2n) is 3.17. The van der Waals surface area contributed by atoms with Gasteiger partial charge in [0, 0.05) is 0 Å². The molecule has 4 heteroatoms. The fourth-order valence-electron chi connectivity index (χ4n) is 0.427. The van der Waals surface area contributed by atoms with Crippen LogP contribution >= 0.6 is 12.4 Å². The first-order chi connectivity index (χ1) is 4.95. The fourth-order valence-corrected chi connectivity index (χ4v) is 0.427. The highest BCUT2D eigenvalue weighted by molar-refractivity contribution is 5.85. The molecule has 0 aromatic rings. The van der Waals surface area contributed by atoms with Crippen molar-refractivity contribution in [3.05, 3.63) is 0 Å². The van der Waals surface area contributed by atoms with Crippen LogP contribution in [0.2, 0.25) is 0 Å². The summed E-state index contributed by atoms with van der Waals surface area (Å²) < 4.78 is 5.01. The summed E-state index contributed by atoms with van der Waals surface area (Å²) in [5.41, 5.74) is 5.31. The summed E-state index contributed by atoms with van der Waals surface area (Å²) in [6.07, 6.45) is -0.0477. The summed E-state index contributed by atoms with van der Waals surface area (Å²) in [5, 5.41) is 0.